The maximum absolute atomic E-state index is 5.50. The predicted octanol–water partition coefficient (Wildman–Crippen LogP) is -1.29. The summed E-state index contributed by atoms with van der Waals surface area (Å²) >= 11 is 0. The highest BCUT2D eigenvalue weighted by molar-refractivity contribution is 5.85. The molecule has 0 radical (unpaired) electrons. The van der Waals surface area contributed by atoms with E-state index in [1.54, 1.807) is 0 Å². The zero-order valence-corrected chi connectivity index (χ0v) is 6.39. The van der Waals surface area contributed by atoms with Crippen LogP contribution in [0.1, 0.15) is 13.8 Å². The molecule has 0 aromatic carbocycles. The fourth-order valence-electron chi connectivity index (χ4n) is 0.325. The number of hydrazine groups is 1. The van der Waals surface area contributed by atoms with Crippen molar-refractivity contribution in [3.63, 3.8) is 0 Å². The first-order chi connectivity index (χ1) is 4.54. The molecule has 0 heterocycles. The molecule has 0 aromatic heterocycles. The van der Waals surface area contributed by atoms with Gasteiger partial charge in [-0.2, -0.15) is 5.10 Å². The lowest BCUT2D eigenvalue weighted by molar-refractivity contribution is 0.525. The molecule has 0 aliphatic carbocycles. The second-order valence-electron chi connectivity index (χ2n) is 2.71. The van der Waals surface area contributed by atoms with Gasteiger partial charge in [0.2, 0.25) is 0 Å². The molecule has 0 aliphatic heterocycles. The van der Waals surface area contributed by atoms with E-state index >= 15 is 0 Å². The number of hydrogen-bond donors (Lipinski definition) is 4. The largest absolute Gasteiger partial charge is 0.385 e. The minimum Gasteiger partial charge on any atom is -0.385 e. The first-order valence-electron chi connectivity index (χ1n) is 3.04. The molecule has 7 N–H and O–H groups in total. The molecular formula is C5H15N5. The van der Waals surface area contributed by atoms with Crippen LogP contribution in [0.15, 0.2) is 5.10 Å². The monoisotopic (exact) mass is 145 g/mol. The van der Waals surface area contributed by atoms with E-state index in [0.29, 0.717) is 12.4 Å². The first kappa shape index (κ1) is 9.19. The standard InChI is InChI=1S/C5H15N5/c1-5(2,3-6)4(7)9-10-8/h10H,3,6,8H2,1-2H3,(H2,7,9). The molecule has 0 bridgehead atoms. The first-order valence-corrected chi connectivity index (χ1v) is 3.04. The summed E-state index contributed by atoms with van der Waals surface area (Å²) in [6.45, 7) is 4.23. The Balaban J connectivity index is 4.17. The summed E-state index contributed by atoms with van der Waals surface area (Å²) in [5, 5.41) is 3.61. The van der Waals surface area contributed by atoms with Gasteiger partial charge in [0.25, 0.3) is 0 Å². The van der Waals surface area contributed by atoms with E-state index in [2.05, 4.69) is 10.6 Å². The van der Waals surface area contributed by atoms with Gasteiger partial charge in [-0.05, 0) is 0 Å². The molecule has 0 aromatic rings. The van der Waals surface area contributed by atoms with Gasteiger partial charge in [-0.25, -0.2) is 11.4 Å². The Morgan fingerprint density at radius 3 is 2.40 bits per heavy atom. The van der Waals surface area contributed by atoms with Crippen molar-refractivity contribution in [3.05, 3.63) is 0 Å². The van der Waals surface area contributed by atoms with Crippen LogP contribution in [0.5, 0.6) is 0 Å². The Hall–Kier alpha value is -0.810. The Morgan fingerprint density at radius 1 is 1.60 bits per heavy atom. The molecule has 0 saturated carbocycles. The summed E-state index contributed by atoms with van der Waals surface area (Å²) in [6.07, 6.45) is 0. The third-order valence-electron chi connectivity index (χ3n) is 1.39. The van der Waals surface area contributed by atoms with Crippen molar-refractivity contribution in [1.29, 1.82) is 0 Å². The summed E-state index contributed by atoms with van der Waals surface area (Å²) in [4.78, 5) is 0. The lowest BCUT2D eigenvalue weighted by Crippen LogP contribution is -2.40. The Kier molecular flexibility index (Phi) is 3.11. The van der Waals surface area contributed by atoms with E-state index in [4.69, 9.17) is 17.3 Å². The SMILES string of the molecule is CC(C)(CN)/C(N)=N/NN. The van der Waals surface area contributed by atoms with Gasteiger partial charge in [0.15, 0.2) is 0 Å². The molecule has 0 amide bonds. The minimum atomic E-state index is -0.285. The van der Waals surface area contributed by atoms with Crippen LogP contribution in [-0.2, 0) is 0 Å². The molecule has 0 unspecified atom stereocenters. The van der Waals surface area contributed by atoms with Crippen molar-refractivity contribution < 1.29 is 0 Å². The number of hydrogen-bond acceptors (Lipinski definition) is 4. The summed E-state index contributed by atoms with van der Waals surface area (Å²) in [5.74, 6) is 5.34. The zero-order valence-electron chi connectivity index (χ0n) is 6.39. The van der Waals surface area contributed by atoms with Crippen LogP contribution in [-0.4, -0.2) is 12.4 Å². The van der Waals surface area contributed by atoms with Crippen LogP contribution in [0.2, 0.25) is 0 Å². The summed E-state index contributed by atoms with van der Waals surface area (Å²) < 4.78 is 0. The third kappa shape index (κ3) is 2.20. The van der Waals surface area contributed by atoms with E-state index in [1.165, 1.54) is 0 Å². The second kappa shape index (κ2) is 3.38. The molecule has 0 spiro atoms. The highest BCUT2D eigenvalue weighted by Crippen LogP contribution is 2.11. The van der Waals surface area contributed by atoms with Gasteiger partial charge in [-0.3, -0.25) is 0 Å². The third-order valence-corrected chi connectivity index (χ3v) is 1.39. The molecule has 60 valence electrons. The van der Waals surface area contributed by atoms with Gasteiger partial charge >= 0.3 is 0 Å². The Bertz CT molecular complexity index is 128. The number of rotatable bonds is 3. The average Bonchev–Trinajstić information content (AvgIpc) is 1.89. The van der Waals surface area contributed by atoms with E-state index in [1.807, 2.05) is 13.8 Å². The van der Waals surface area contributed by atoms with Crippen molar-refractivity contribution >= 4 is 5.84 Å². The van der Waals surface area contributed by atoms with E-state index < -0.39 is 0 Å². The van der Waals surface area contributed by atoms with Crippen LogP contribution in [0.4, 0.5) is 0 Å². The van der Waals surface area contributed by atoms with Gasteiger partial charge < -0.3 is 11.5 Å². The fraction of sp³-hybridized carbons (Fsp3) is 0.800. The molecule has 0 rings (SSSR count). The van der Waals surface area contributed by atoms with Crippen LogP contribution in [0.25, 0.3) is 0 Å². The van der Waals surface area contributed by atoms with Crippen molar-refractivity contribution in [3.8, 4) is 0 Å². The molecule has 10 heavy (non-hydrogen) atoms. The molecule has 5 nitrogen and oxygen atoms in total. The number of amidine groups is 1. The van der Waals surface area contributed by atoms with Crippen molar-refractivity contribution in [2.24, 2.45) is 27.8 Å². The number of nitrogens with one attached hydrogen (secondary N) is 1. The van der Waals surface area contributed by atoms with Crippen LogP contribution in [0.3, 0.4) is 0 Å². The van der Waals surface area contributed by atoms with Crippen LogP contribution in [0, 0.1) is 5.41 Å². The average molecular weight is 145 g/mol. The number of nitrogens with zero attached hydrogens (tertiary/aromatic N) is 1. The van der Waals surface area contributed by atoms with Gasteiger partial charge in [-0.15, -0.1) is 0 Å². The number of hydrazone groups is 1. The second-order valence-corrected chi connectivity index (χ2v) is 2.71. The predicted molar refractivity (Wildman–Crippen MR) is 41.8 cm³/mol. The normalized spacial score (nSPS) is 13.4. The summed E-state index contributed by atoms with van der Waals surface area (Å²) in [5.41, 5.74) is 12.7. The quantitative estimate of drug-likeness (QED) is 0.172. The molecular weight excluding hydrogens is 130 g/mol. The molecule has 0 atom stereocenters. The zero-order chi connectivity index (χ0) is 8.20. The van der Waals surface area contributed by atoms with E-state index in [9.17, 15) is 0 Å². The maximum atomic E-state index is 5.50. The highest BCUT2D eigenvalue weighted by atomic mass is 15.5. The molecule has 5 heteroatoms. The number of nitrogens with two attached hydrogens (primary N) is 3. The van der Waals surface area contributed by atoms with Crippen LogP contribution >= 0.6 is 0 Å². The topological polar surface area (TPSA) is 102 Å². The van der Waals surface area contributed by atoms with Gasteiger partial charge in [-0.1, -0.05) is 13.8 Å². The molecule has 0 saturated heterocycles. The van der Waals surface area contributed by atoms with Crippen molar-refractivity contribution in [2.45, 2.75) is 13.8 Å². The molecule has 0 aliphatic rings. The Labute approximate surface area is 60.6 Å². The van der Waals surface area contributed by atoms with Gasteiger partial charge in [0.05, 0.1) is 0 Å². The fourth-order valence-corrected chi connectivity index (χ4v) is 0.325. The maximum Gasteiger partial charge on any atom is 0.128 e. The van der Waals surface area contributed by atoms with Crippen LogP contribution < -0.4 is 22.8 Å². The van der Waals surface area contributed by atoms with E-state index in [0.717, 1.165) is 0 Å². The summed E-state index contributed by atoms with van der Waals surface area (Å²) in [6, 6.07) is 0. The highest BCUT2D eigenvalue weighted by Gasteiger charge is 2.20. The molecule has 0 fully saturated rings. The van der Waals surface area contributed by atoms with Crippen molar-refractivity contribution in [2.75, 3.05) is 6.54 Å². The Morgan fingerprint density at radius 2 is 2.10 bits per heavy atom. The van der Waals surface area contributed by atoms with Crippen molar-refractivity contribution in [1.82, 2.24) is 5.53 Å². The van der Waals surface area contributed by atoms with E-state index in [-0.39, 0.29) is 5.41 Å². The smallest absolute Gasteiger partial charge is 0.128 e. The minimum absolute atomic E-state index is 0.285. The lowest BCUT2D eigenvalue weighted by Gasteiger charge is -2.20. The van der Waals surface area contributed by atoms with Gasteiger partial charge in [0, 0.05) is 12.0 Å². The van der Waals surface area contributed by atoms with Gasteiger partial charge in [0.1, 0.15) is 5.84 Å². The summed E-state index contributed by atoms with van der Waals surface area (Å²) in [7, 11) is 0. The lowest BCUT2D eigenvalue weighted by atomic mass is 9.93.